The molecule has 1 saturated heterocycles. The van der Waals surface area contributed by atoms with E-state index in [1.807, 2.05) is 0 Å². The average Bonchev–Trinajstić information content (AvgIpc) is 2.93. The predicted octanol–water partition coefficient (Wildman–Crippen LogP) is 4.37. The van der Waals surface area contributed by atoms with E-state index >= 15 is 0 Å². The largest absolute Gasteiger partial charge is 0.487 e. The normalized spacial score (nSPS) is 13.6. The number of anilines is 2. The number of nitrogens with zero attached hydrogens (tertiary/aromatic N) is 4. The summed E-state index contributed by atoms with van der Waals surface area (Å²) in [6.45, 7) is 1.49. The zero-order valence-corrected chi connectivity index (χ0v) is 20.4. The highest BCUT2D eigenvalue weighted by atomic mass is 19.1. The van der Waals surface area contributed by atoms with Crippen molar-refractivity contribution in [3.63, 3.8) is 0 Å². The zero-order valence-electron chi connectivity index (χ0n) is 20.4. The molecule has 0 unspecified atom stereocenters. The summed E-state index contributed by atoms with van der Waals surface area (Å²) < 4.78 is 31.1. The van der Waals surface area contributed by atoms with Crippen LogP contribution in [-0.2, 0) is 11.3 Å². The van der Waals surface area contributed by atoms with Gasteiger partial charge >= 0.3 is 0 Å². The molecule has 4 aromatic rings. The number of aromatic nitrogens is 4. The van der Waals surface area contributed by atoms with Crippen LogP contribution in [-0.4, -0.2) is 44.9 Å². The molecule has 1 fully saturated rings. The maximum Gasteiger partial charge on any atom is 0.141 e. The van der Waals surface area contributed by atoms with Gasteiger partial charge in [-0.15, -0.1) is 0 Å². The first kappa shape index (κ1) is 25.0. The van der Waals surface area contributed by atoms with Gasteiger partial charge in [-0.25, -0.2) is 14.4 Å². The van der Waals surface area contributed by atoms with Crippen molar-refractivity contribution in [3.8, 4) is 17.2 Å². The third-order valence-corrected chi connectivity index (χ3v) is 5.92. The van der Waals surface area contributed by atoms with Gasteiger partial charge in [-0.1, -0.05) is 0 Å². The predicted molar refractivity (Wildman–Crippen MR) is 139 cm³/mol. The van der Waals surface area contributed by atoms with Gasteiger partial charge < -0.3 is 25.3 Å². The van der Waals surface area contributed by atoms with E-state index < -0.39 is 5.82 Å². The lowest BCUT2D eigenvalue weighted by atomic mass is 10.0. The molecular formula is C27H26FN7O3. The molecule has 0 atom stereocenters. The van der Waals surface area contributed by atoms with E-state index in [4.69, 9.17) is 25.4 Å². The number of ether oxygens (including phenoxy) is 3. The molecule has 0 aliphatic carbocycles. The third-order valence-electron chi connectivity index (χ3n) is 5.92. The van der Waals surface area contributed by atoms with Crippen LogP contribution in [0.15, 0.2) is 67.4 Å². The number of hydrogen-bond acceptors (Lipinski definition) is 10. The van der Waals surface area contributed by atoms with E-state index in [2.05, 4.69) is 25.3 Å². The van der Waals surface area contributed by atoms with Gasteiger partial charge in [0.25, 0.3) is 0 Å². The lowest BCUT2D eigenvalue weighted by molar-refractivity contribution is 0.0904. The average molecular weight is 516 g/mol. The lowest BCUT2D eigenvalue weighted by Crippen LogP contribution is -2.29. The van der Waals surface area contributed by atoms with Gasteiger partial charge in [0.05, 0.1) is 23.2 Å². The Labute approximate surface area is 218 Å². The molecule has 4 N–H and O–H groups in total. The van der Waals surface area contributed by atoms with Crippen LogP contribution in [0.25, 0.3) is 0 Å². The lowest BCUT2D eigenvalue weighted by Gasteiger charge is -2.25. The molecule has 5 rings (SSSR count). The molecule has 11 heteroatoms. The summed E-state index contributed by atoms with van der Waals surface area (Å²) >= 11 is 0. The first-order valence-corrected chi connectivity index (χ1v) is 12.1. The highest BCUT2D eigenvalue weighted by Gasteiger charge is 2.20. The molecule has 0 saturated carbocycles. The van der Waals surface area contributed by atoms with Crippen LogP contribution < -0.4 is 20.5 Å². The minimum Gasteiger partial charge on any atom is -0.487 e. The van der Waals surface area contributed by atoms with Crippen LogP contribution in [0.4, 0.5) is 16.0 Å². The topological polar surface area (TPSA) is 141 Å². The van der Waals surface area contributed by atoms with Crippen LogP contribution in [0, 0.1) is 11.2 Å². The van der Waals surface area contributed by atoms with Gasteiger partial charge in [0, 0.05) is 55.4 Å². The van der Waals surface area contributed by atoms with Crippen molar-refractivity contribution in [3.05, 3.63) is 90.0 Å². The summed E-state index contributed by atoms with van der Waals surface area (Å²) in [5.41, 5.74) is 7.98. The number of rotatable bonds is 9. The highest BCUT2D eigenvalue weighted by Crippen LogP contribution is 2.29. The van der Waals surface area contributed by atoms with Crippen molar-refractivity contribution in [1.29, 1.82) is 5.41 Å². The van der Waals surface area contributed by atoms with Crippen molar-refractivity contribution in [2.24, 2.45) is 0 Å². The number of benzene rings is 2. The number of nitrogens with two attached hydrogens (primary N) is 1. The van der Waals surface area contributed by atoms with Gasteiger partial charge in [0.15, 0.2) is 0 Å². The molecule has 10 nitrogen and oxygen atoms in total. The number of nitrogen functional groups attached to an aromatic ring is 1. The van der Waals surface area contributed by atoms with Gasteiger partial charge in [-0.3, -0.25) is 15.4 Å². The number of nitrogens with one attached hydrogen (secondary N) is 2. The van der Waals surface area contributed by atoms with Gasteiger partial charge in [0.1, 0.15) is 47.6 Å². The van der Waals surface area contributed by atoms with Gasteiger partial charge in [0.2, 0.25) is 0 Å². The van der Waals surface area contributed by atoms with Crippen molar-refractivity contribution in [2.45, 2.75) is 25.5 Å². The third kappa shape index (κ3) is 6.19. The number of halogens is 1. The van der Waals surface area contributed by atoms with E-state index in [9.17, 15) is 4.39 Å². The fraction of sp³-hybridized carbons (Fsp3) is 0.222. The minimum absolute atomic E-state index is 0.144. The molecule has 194 valence electrons. The Morgan fingerprint density at radius 1 is 1.03 bits per heavy atom. The number of hydrogen-bond donors (Lipinski definition) is 3. The standard InChI is InChI=1S/C27H26FN7O3/c28-18-11-22(37-15-20-14-31-7-8-32-20)13-23(12-18)38-21-3-1-17(2-4-21)25(29)24-26(30)33-16-34-27(24)35-19-5-9-36-10-6-19/h1-4,7-8,11-14,16,19,29H,5-6,9-10,15H2,(H3,30,33,34,35). The molecule has 1 aliphatic heterocycles. The van der Waals surface area contributed by atoms with Crippen molar-refractivity contribution in [1.82, 2.24) is 19.9 Å². The fourth-order valence-electron chi connectivity index (χ4n) is 4.00. The second kappa shape index (κ2) is 11.6. The summed E-state index contributed by atoms with van der Waals surface area (Å²) in [5.74, 6) is 1.26. The Hall–Kier alpha value is -4.64. The van der Waals surface area contributed by atoms with Gasteiger partial charge in [-0.05, 0) is 37.1 Å². The van der Waals surface area contributed by atoms with E-state index in [1.165, 1.54) is 18.5 Å². The highest BCUT2D eigenvalue weighted by molar-refractivity contribution is 6.16. The quantitative estimate of drug-likeness (QED) is 0.277. The SMILES string of the molecule is N=C(c1ccc(Oc2cc(F)cc(OCc3cnccn3)c2)cc1)c1c(N)ncnc1NC1CCOCC1. The monoisotopic (exact) mass is 515 g/mol. The Balaban J connectivity index is 1.28. The molecule has 0 radical (unpaired) electrons. The molecule has 3 heterocycles. The Morgan fingerprint density at radius 2 is 1.82 bits per heavy atom. The molecule has 0 bridgehead atoms. The molecule has 2 aromatic heterocycles. The molecule has 0 amide bonds. The maximum atomic E-state index is 14.2. The Bertz CT molecular complexity index is 1400. The van der Waals surface area contributed by atoms with Crippen LogP contribution in [0.5, 0.6) is 17.2 Å². The maximum absolute atomic E-state index is 14.2. The summed E-state index contributed by atoms with van der Waals surface area (Å²) in [4.78, 5) is 16.5. The van der Waals surface area contributed by atoms with Crippen LogP contribution >= 0.6 is 0 Å². The van der Waals surface area contributed by atoms with E-state index in [-0.39, 0.29) is 29.9 Å². The Morgan fingerprint density at radius 3 is 2.58 bits per heavy atom. The van der Waals surface area contributed by atoms with Crippen molar-refractivity contribution >= 4 is 17.3 Å². The molecular weight excluding hydrogens is 489 g/mol. The molecule has 0 spiro atoms. The van der Waals surface area contributed by atoms with Crippen molar-refractivity contribution < 1.29 is 18.6 Å². The van der Waals surface area contributed by atoms with Crippen LogP contribution in [0.1, 0.15) is 29.7 Å². The summed E-state index contributed by atoms with van der Waals surface area (Å²) in [7, 11) is 0. The molecule has 1 aliphatic rings. The second-order valence-electron chi connectivity index (χ2n) is 8.62. The van der Waals surface area contributed by atoms with Gasteiger partial charge in [-0.2, -0.15) is 0 Å². The first-order valence-electron chi connectivity index (χ1n) is 12.1. The summed E-state index contributed by atoms with van der Waals surface area (Å²) in [6.07, 6.45) is 7.77. The summed E-state index contributed by atoms with van der Waals surface area (Å²) in [6, 6.07) is 11.2. The molecule has 2 aromatic carbocycles. The van der Waals surface area contributed by atoms with E-state index in [1.54, 1.807) is 48.9 Å². The Kier molecular flexibility index (Phi) is 7.65. The molecule has 38 heavy (non-hydrogen) atoms. The van der Waals surface area contributed by atoms with E-state index in [0.29, 0.717) is 47.4 Å². The smallest absolute Gasteiger partial charge is 0.141 e. The fourth-order valence-corrected chi connectivity index (χ4v) is 4.00. The first-order chi connectivity index (χ1) is 18.5. The second-order valence-corrected chi connectivity index (χ2v) is 8.62. The summed E-state index contributed by atoms with van der Waals surface area (Å²) in [5, 5.41) is 12.2. The minimum atomic E-state index is -0.501. The van der Waals surface area contributed by atoms with Crippen LogP contribution in [0.3, 0.4) is 0 Å². The van der Waals surface area contributed by atoms with E-state index in [0.717, 1.165) is 12.8 Å². The van der Waals surface area contributed by atoms with Crippen LogP contribution in [0.2, 0.25) is 0 Å². The zero-order chi connectivity index (χ0) is 26.3. The van der Waals surface area contributed by atoms with Crippen molar-refractivity contribution in [2.75, 3.05) is 24.3 Å².